The van der Waals surface area contributed by atoms with Crippen molar-refractivity contribution >= 4 is 11.6 Å². The largest absolute Gasteiger partial charge is 0.321 e. The molecule has 1 aromatic rings. The first-order valence-corrected chi connectivity index (χ1v) is 6.77. The Kier molecular flexibility index (Phi) is 4.25. The first kappa shape index (κ1) is 12.7. The van der Waals surface area contributed by atoms with Crippen molar-refractivity contribution < 1.29 is 0 Å². The van der Waals surface area contributed by atoms with Gasteiger partial charge in [0.15, 0.2) is 0 Å². The van der Waals surface area contributed by atoms with Gasteiger partial charge in [0, 0.05) is 5.02 Å². The van der Waals surface area contributed by atoms with Crippen molar-refractivity contribution in [3.63, 3.8) is 0 Å². The summed E-state index contributed by atoms with van der Waals surface area (Å²) in [6.45, 7) is 2.08. The van der Waals surface area contributed by atoms with E-state index in [-0.39, 0.29) is 6.04 Å². The summed E-state index contributed by atoms with van der Waals surface area (Å²) in [4.78, 5) is 0. The van der Waals surface area contributed by atoms with Crippen molar-refractivity contribution in [2.75, 3.05) is 0 Å². The lowest BCUT2D eigenvalue weighted by atomic mass is 9.93. The van der Waals surface area contributed by atoms with E-state index in [1.54, 1.807) is 0 Å². The lowest BCUT2D eigenvalue weighted by Gasteiger charge is -2.18. The van der Waals surface area contributed by atoms with Gasteiger partial charge in [0.25, 0.3) is 0 Å². The van der Waals surface area contributed by atoms with E-state index in [9.17, 15) is 0 Å². The molecule has 0 aromatic heterocycles. The number of hydrogen-bond acceptors (Lipinski definition) is 1. The number of nitrogens with two attached hydrogens (primary N) is 1. The summed E-state index contributed by atoms with van der Waals surface area (Å²) in [5.74, 6) is 0. The zero-order valence-electron chi connectivity index (χ0n) is 10.4. The van der Waals surface area contributed by atoms with Crippen molar-refractivity contribution in [1.82, 2.24) is 0 Å². The van der Waals surface area contributed by atoms with E-state index in [4.69, 9.17) is 17.3 Å². The van der Waals surface area contributed by atoms with Crippen LogP contribution in [0.25, 0.3) is 0 Å². The van der Waals surface area contributed by atoms with E-state index < -0.39 is 0 Å². The molecular formula is C15H20ClN. The molecule has 0 fully saturated rings. The second-order valence-electron chi connectivity index (χ2n) is 4.86. The van der Waals surface area contributed by atoms with Crippen LogP contribution >= 0.6 is 11.6 Å². The van der Waals surface area contributed by atoms with Gasteiger partial charge in [-0.3, -0.25) is 0 Å². The molecule has 1 aliphatic carbocycles. The van der Waals surface area contributed by atoms with Crippen molar-refractivity contribution in [3.05, 3.63) is 46.0 Å². The average molecular weight is 250 g/mol. The van der Waals surface area contributed by atoms with Gasteiger partial charge in [-0.05, 0) is 55.9 Å². The maximum atomic E-state index is 6.38. The van der Waals surface area contributed by atoms with Gasteiger partial charge in [0.1, 0.15) is 0 Å². The van der Waals surface area contributed by atoms with Crippen LogP contribution in [-0.2, 0) is 0 Å². The molecule has 0 saturated heterocycles. The molecule has 0 heterocycles. The highest BCUT2D eigenvalue weighted by Gasteiger charge is 2.15. The normalized spacial score (nSPS) is 18.4. The van der Waals surface area contributed by atoms with E-state index in [1.807, 2.05) is 12.1 Å². The number of benzene rings is 1. The Morgan fingerprint density at radius 2 is 2.06 bits per heavy atom. The zero-order chi connectivity index (χ0) is 12.3. The summed E-state index contributed by atoms with van der Waals surface area (Å²) >= 11 is 5.98. The van der Waals surface area contributed by atoms with Crippen LogP contribution in [-0.4, -0.2) is 0 Å². The fraction of sp³-hybridized carbons (Fsp3) is 0.467. The Morgan fingerprint density at radius 1 is 1.24 bits per heavy atom. The zero-order valence-corrected chi connectivity index (χ0v) is 11.1. The molecule has 2 N–H and O–H groups in total. The molecule has 92 valence electrons. The van der Waals surface area contributed by atoms with Crippen LogP contribution in [0.4, 0.5) is 0 Å². The lowest BCUT2D eigenvalue weighted by molar-refractivity contribution is 0.687. The van der Waals surface area contributed by atoms with Gasteiger partial charge in [0.2, 0.25) is 0 Å². The van der Waals surface area contributed by atoms with Crippen LogP contribution in [0.1, 0.15) is 49.3 Å². The third kappa shape index (κ3) is 3.11. The molecule has 0 saturated carbocycles. The maximum Gasteiger partial charge on any atom is 0.0513 e. The Hall–Kier alpha value is -0.790. The van der Waals surface area contributed by atoms with Gasteiger partial charge in [-0.25, -0.2) is 0 Å². The first-order valence-electron chi connectivity index (χ1n) is 6.39. The smallest absolute Gasteiger partial charge is 0.0513 e. The van der Waals surface area contributed by atoms with E-state index in [2.05, 4.69) is 19.1 Å². The maximum absolute atomic E-state index is 6.38. The van der Waals surface area contributed by atoms with Gasteiger partial charge < -0.3 is 5.73 Å². The van der Waals surface area contributed by atoms with Crippen LogP contribution in [0.15, 0.2) is 29.8 Å². The Balaban J connectivity index is 2.23. The van der Waals surface area contributed by atoms with Crippen molar-refractivity contribution in [2.45, 2.75) is 45.1 Å². The first-order chi connectivity index (χ1) is 8.18. The second kappa shape index (κ2) is 5.70. The summed E-state index contributed by atoms with van der Waals surface area (Å²) in [5, 5.41) is 0.785. The minimum absolute atomic E-state index is 0.0466. The predicted molar refractivity (Wildman–Crippen MR) is 74.3 cm³/mol. The Morgan fingerprint density at radius 3 is 2.82 bits per heavy atom. The van der Waals surface area contributed by atoms with Gasteiger partial charge >= 0.3 is 0 Å². The molecule has 0 aliphatic heterocycles. The van der Waals surface area contributed by atoms with Crippen LogP contribution < -0.4 is 5.73 Å². The SMILES string of the molecule is Cc1cc(Cl)ccc1C(N)C1=CCCCCC1. The van der Waals surface area contributed by atoms with Crippen molar-refractivity contribution in [1.29, 1.82) is 0 Å². The van der Waals surface area contributed by atoms with Crippen LogP contribution in [0.3, 0.4) is 0 Å². The number of hydrogen-bond donors (Lipinski definition) is 1. The molecule has 0 bridgehead atoms. The highest BCUT2D eigenvalue weighted by Crippen LogP contribution is 2.30. The molecule has 1 aliphatic rings. The predicted octanol–water partition coefficient (Wildman–Crippen LogP) is 4.54. The van der Waals surface area contributed by atoms with E-state index in [0.29, 0.717) is 0 Å². The molecule has 1 atom stereocenters. The quantitative estimate of drug-likeness (QED) is 0.766. The van der Waals surface area contributed by atoms with Crippen molar-refractivity contribution in [2.24, 2.45) is 5.73 Å². The summed E-state index contributed by atoms with van der Waals surface area (Å²) in [6.07, 6.45) is 8.55. The van der Waals surface area contributed by atoms with Crippen LogP contribution in [0.5, 0.6) is 0 Å². The molecule has 1 aromatic carbocycles. The number of allylic oxidation sites excluding steroid dienone is 1. The summed E-state index contributed by atoms with van der Waals surface area (Å²) in [6, 6.07) is 6.04. The van der Waals surface area contributed by atoms with Gasteiger partial charge in [-0.1, -0.05) is 35.7 Å². The topological polar surface area (TPSA) is 26.0 Å². The van der Waals surface area contributed by atoms with Gasteiger partial charge in [-0.2, -0.15) is 0 Å². The molecule has 0 spiro atoms. The average Bonchev–Trinajstić information content (AvgIpc) is 2.56. The van der Waals surface area contributed by atoms with Crippen molar-refractivity contribution in [3.8, 4) is 0 Å². The van der Waals surface area contributed by atoms with E-state index >= 15 is 0 Å². The van der Waals surface area contributed by atoms with Crippen LogP contribution in [0.2, 0.25) is 5.02 Å². The monoisotopic (exact) mass is 249 g/mol. The molecule has 1 nitrogen and oxygen atoms in total. The summed E-state index contributed by atoms with van der Waals surface area (Å²) in [7, 11) is 0. The highest BCUT2D eigenvalue weighted by molar-refractivity contribution is 6.30. The van der Waals surface area contributed by atoms with Gasteiger partial charge in [0.05, 0.1) is 6.04 Å². The Labute approximate surface area is 109 Å². The fourth-order valence-electron chi connectivity index (χ4n) is 2.51. The van der Waals surface area contributed by atoms with Crippen LogP contribution in [0, 0.1) is 6.92 Å². The standard InChI is InChI=1S/C15H20ClN/c1-11-10-13(16)8-9-14(11)15(17)12-6-4-2-3-5-7-12/h6,8-10,15H,2-5,7,17H2,1H3. The third-order valence-electron chi connectivity index (χ3n) is 3.54. The number of aryl methyl sites for hydroxylation is 1. The fourth-order valence-corrected chi connectivity index (χ4v) is 2.74. The lowest BCUT2D eigenvalue weighted by Crippen LogP contribution is -2.14. The molecule has 17 heavy (non-hydrogen) atoms. The number of halogens is 1. The second-order valence-corrected chi connectivity index (χ2v) is 5.29. The van der Waals surface area contributed by atoms with E-state index in [0.717, 1.165) is 11.4 Å². The molecule has 0 amide bonds. The highest BCUT2D eigenvalue weighted by atomic mass is 35.5. The Bertz CT molecular complexity index is 423. The van der Waals surface area contributed by atoms with Gasteiger partial charge in [-0.15, -0.1) is 0 Å². The third-order valence-corrected chi connectivity index (χ3v) is 3.78. The molecule has 1 unspecified atom stereocenters. The minimum atomic E-state index is 0.0466. The summed E-state index contributed by atoms with van der Waals surface area (Å²) < 4.78 is 0. The molecule has 2 heteroatoms. The molecule has 0 radical (unpaired) electrons. The molecular weight excluding hydrogens is 230 g/mol. The number of rotatable bonds is 2. The van der Waals surface area contributed by atoms with E-state index in [1.165, 1.54) is 42.4 Å². The summed E-state index contributed by atoms with van der Waals surface area (Å²) in [5.41, 5.74) is 10.2. The minimum Gasteiger partial charge on any atom is -0.321 e. The molecule has 2 rings (SSSR count).